The number of nitrogens with one attached hydrogen (secondary N) is 1. The van der Waals surface area contributed by atoms with Crippen molar-refractivity contribution in [3.05, 3.63) is 62.6 Å². The minimum atomic E-state index is -0.466. The fourth-order valence-electron chi connectivity index (χ4n) is 1.47. The van der Waals surface area contributed by atoms with E-state index in [4.69, 9.17) is 0 Å². The summed E-state index contributed by atoms with van der Waals surface area (Å²) >= 11 is 3.20. The molecule has 0 aliphatic heterocycles. The van der Waals surface area contributed by atoms with Crippen molar-refractivity contribution in [3.8, 4) is 5.75 Å². The number of rotatable bonds is 4. The van der Waals surface area contributed by atoms with E-state index in [0.717, 1.165) is 5.56 Å². The molecule has 0 radical (unpaired) electrons. The number of hydrogen-bond donors (Lipinski definition) is 2. The van der Waals surface area contributed by atoms with Crippen LogP contribution in [0.4, 0.5) is 11.4 Å². The van der Waals surface area contributed by atoms with Crippen LogP contribution in [0.2, 0.25) is 0 Å². The van der Waals surface area contributed by atoms with Gasteiger partial charge in [-0.15, -0.1) is 0 Å². The van der Waals surface area contributed by atoms with E-state index in [1.807, 2.05) is 0 Å². The second kappa shape index (κ2) is 6.16. The quantitative estimate of drug-likeness (QED) is 0.508. The van der Waals surface area contributed by atoms with E-state index in [1.165, 1.54) is 12.1 Å². The zero-order valence-electron chi connectivity index (χ0n) is 10.2. The van der Waals surface area contributed by atoms with Crippen molar-refractivity contribution in [1.29, 1.82) is 0 Å². The molecule has 2 aromatic rings. The highest BCUT2D eigenvalue weighted by molar-refractivity contribution is 9.10. The van der Waals surface area contributed by atoms with Crippen LogP contribution in [-0.2, 0) is 0 Å². The van der Waals surface area contributed by atoms with Gasteiger partial charge in [-0.05, 0) is 45.8 Å². The van der Waals surface area contributed by atoms with Gasteiger partial charge in [-0.1, -0.05) is 6.07 Å². The van der Waals surface area contributed by atoms with Crippen LogP contribution in [0.15, 0.2) is 52.0 Å². The highest BCUT2D eigenvalue weighted by Gasteiger charge is 2.04. The first-order chi connectivity index (χ1) is 9.56. The van der Waals surface area contributed by atoms with Crippen LogP contribution < -0.4 is 5.43 Å². The second-order valence-corrected chi connectivity index (χ2v) is 4.74. The van der Waals surface area contributed by atoms with Crippen molar-refractivity contribution in [2.24, 2.45) is 5.10 Å². The Labute approximate surface area is 123 Å². The summed E-state index contributed by atoms with van der Waals surface area (Å²) in [6, 6.07) is 11.0. The molecular formula is C13H10BrN3O3. The Hall–Kier alpha value is -2.41. The maximum Gasteiger partial charge on any atom is 0.271 e. The number of aromatic hydroxyl groups is 1. The van der Waals surface area contributed by atoms with Crippen LogP contribution in [0.5, 0.6) is 5.75 Å². The molecule has 0 aromatic heterocycles. The van der Waals surface area contributed by atoms with Gasteiger partial charge in [-0.25, -0.2) is 0 Å². The highest BCUT2D eigenvalue weighted by atomic mass is 79.9. The topological polar surface area (TPSA) is 87.8 Å². The van der Waals surface area contributed by atoms with Crippen molar-refractivity contribution in [2.75, 3.05) is 5.43 Å². The first-order valence-corrected chi connectivity index (χ1v) is 6.37. The predicted molar refractivity (Wildman–Crippen MR) is 80.1 cm³/mol. The number of phenols is 1. The third-order valence-corrected chi connectivity index (χ3v) is 3.07. The monoisotopic (exact) mass is 335 g/mol. The van der Waals surface area contributed by atoms with Gasteiger partial charge in [-0.3, -0.25) is 15.5 Å². The molecule has 0 fully saturated rings. The van der Waals surface area contributed by atoms with Crippen molar-refractivity contribution in [2.45, 2.75) is 0 Å². The lowest BCUT2D eigenvalue weighted by Gasteiger charge is -2.00. The summed E-state index contributed by atoms with van der Waals surface area (Å²) in [5, 5.41) is 24.0. The lowest BCUT2D eigenvalue weighted by atomic mass is 10.2. The molecule has 0 aliphatic rings. The molecule has 20 heavy (non-hydrogen) atoms. The fourth-order valence-corrected chi connectivity index (χ4v) is 1.87. The average molecular weight is 336 g/mol. The van der Waals surface area contributed by atoms with Gasteiger partial charge in [0.15, 0.2) is 0 Å². The predicted octanol–water partition coefficient (Wildman–Crippen LogP) is 3.51. The maximum absolute atomic E-state index is 10.6. The number of anilines is 1. The van der Waals surface area contributed by atoms with Gasteiger partial charge in [0, 0.05) is 12.1 Å². The molecule has 7 heteroatoms. The van der Waals surface area contributed by atoms with Gasteiger partial charge in [-0.2, -0.15) is 5.10 Å². The summed E-state index contributed by atoms with van der Waals surface area (Å²) in [6.45, 7) is 0. The average Bonchev–Trinajstić information content (AvgIpc) is 2.43. The van der Waals surface area contributed by atoms with Crippen molar-refractivity contribution in [3.63, 3.8) is 0 Å². The Morgan fingerprint density at radius 1 is 1.30 bits per heavy atom. The zero-order chi connectivity index (χ0) is 14.5. The molecule has 102 valence electrons. The van der Waals surface area contributed by atoms with Gasteiger partial charge in [0.25, 0.3) is 5.69 Å². The lowest BCUT2D eigenvalue weighted by molar-refractivity contribution is -0.384. The normalized spacial score (nSPS) is 10.7. The minimum absolute atomic E-state index is 0.00224. The Balaban J connectivity index is 2.07. The number of nitrogens with zero attached hydrogens (tertiary/aromatic N) is 2. The summed E-state index contributed by atoms with van der Waals surface area (Å²) < 4.78 is 0.566. The molecule has 0 amide bonds. The number of nitro groups is 1. The number of hydrazone groups is 1. The molecule has 0 atom stereocenters. The summed E-state index contributed by atoms with van der Waals surface area (Å²) in [7, 11) is 0. The zero-order valence-corrected chi connectivity index (χ0v) is 11.7. The number of phenolic OH excluding ortho intramolecular Hbond substituents is 1. The molecule has 2 aromatic carbocycles. The van der Waals surface area contributed by atoms with Gasteiger partial charge < -0.3 is 5.11 Å². The van der Waals surface area contributed by atoms with Crippen molar-refractivity contribution >= 4 is 33.5 Å². The van der Waals surface area contributed by atoms with Crippen LogP contribution in [0.3, 0.4) is 0 Å². The molecule has 0 saturated carbocycles. The van der Waals surface area contributed by atoms with E-state index < -0.39 is 4.92 Å². The van der Waals surface area contributed by atoms with Gasteiger partial charge in [0.2, 0.25) is 0 Å². The molecular weight excluding hydrogens is 326 g/mol. The number of non-ortho nitro benzene ring substituents is 1. The van der Waals surface area contributed by atoms with Gasteiger partial charge in [0.1, 0.15) is 5.75 Å². The fraction of sp³-hybridized carbons (Fsp3) is 0. The van der Waals surface area contributed by atoms with E-state index in [1.54, 1.807) is 36.5 Å². The van der Waals surface area contributed by atoms with Crippen LogP contribution >= 0.6 is 15.9 Å². The molecule has 6 nitrogen and oxygen atoms in total. The largest absolute Gasteiger partial charge is 0.507 e. The van der Waals surface area contributed by atoms with Gasteiger partial charge in [0.05, 0.1) is 21.3 Å². The Morgan fingerprint density at radius 3 is 2.80 bits per heavy atom. The van der Waals surface area contributed by atoms with Gasteiger partial charge >= 0.3 is 0 Å². The van der Waals surface area contributed by atoms with E-state index in [2.05, 4.69) is 26.5 Å². The van der Waals surface area contributed by atoms with E-state index >= 15 is 0 Å². The lowest BCUT2D eigenvalue weighted by Crippen LogP contribution is -1.93. The SMILES string of the molecule is O=[N+]([O-])c1cccc(N/N=C/c2ccc(O)c(Br)c2)c1. The first kappa shape index (κ1) is 14.0. The molecule has 0 saturated heterocycles. The molecule has 0 unspecified atom stereocenters. The number of nitro benzene ring substituents is 1. The standard InChI is InChI=1S/C13H10BrN3O3/c14-12-6-9(4-5-13(12)18)8-15-16-10-2-1-3-11(7-10)17(19)20/h1-8,16,18H/b15-8+. The molecule has 0 aliphatic carbocycles. The summed E-state index contributed by atoms with van der Waals surface area (Å²) in [6.07, 6.45) is 1.54. The number of benzene rings is 2. The summed E-state index contributed by atoms with van der Waals surface area (Å²) in [5.74, 6) is 0.147. The first-order valence-electron chi connectivity index (χ1n) is 5.58. The Morgan fingerprint density at radius 2 is 2.10 bits per heavy atom. The third-order valence-electron chi connectivity index (χ3n) is 2.44. The van der Waals surface area contributed by atoms with Crippen LogP contribution in [0.25, 0.3) is 0 Å². The molecule has 2 rings (SSSR count). The summed E-state index contributed by atoms with van der Waals surface area (Å²) in [4.78, 5) is 10.2. The van der Waals surface area contributed by atoms with Crippen LogP contribution in [-0.4, -0.2) is 16.2 Å². The summed E-state index contributed by atoms with van der Waals surface area (Å²) in [5.41, 5.74) is 4.00. The molecule has 2 N–H and O–H groups in total. The molecule has 0 spiro atoms. The maximum atomic E-state index is 10.6. The van der Waals surface area contributed by atoms with Crippen LogP contribution in [0.1, 0.15) is 5.56 Å². The molecule has 0 heterocycles. The Kier molecular flexibility index (Phi) is 4.31. The van der Waals surface area contributed by atoms with E-state index in [-0.39, 0.29) is 11.4 Å². The van der Waals surface area contributed by atoms with E-state index in [9.17, 15) is 15.2 Å². The molecule has 0 bridgehead atoms. The van der Waals surface area contributed by atoms with Crippen molar-refractivity contribution < 1.29 is 10.0 Å². The number of hydrogen-bond acceptors (Lipinski definition) is 5. The second-order valence-electron chi connectivity index (χ2n) is 3.89. The smallest absolute Gasteiger partial charge is 0.271 e. The van der Waals surface area contributed by atoms with E-state index in [0.29, 0.717) is 10.2 Å². The minimum Gasteiger partial charge on any atom is -0.507 e. The van der Waals surface area contributed by atoms with Crippen molar-refractivity contribution in [1.82, 2.24) is 0 Å². The van der Waals surface area contributed by atoms with Crippen LogP contribution in [0, 0.1) is 10.1 Å². The number of halogens is 1. The third kappa shape index (κ3) is 3.55. The highest BCUT2D eigenvalue weighted by Crippen LogP contribution is 2.23. The Bertz CT molecular complexity index is 674.